The van der Waals surface area contributed by atoms with Gasteiger partial charge < -0.3 is 0 Å². The first kappa shape index (κ1) is 14.9. The van der Waals surface area contributed by atoms with Crippen molar-refractivity contribution in [2.45, 2.75) is 13.0 Å². The molecule has 0 aliphatic rings. The predicted molar refractivity (Wildman–Crippen MR) is 84.7 cm³/mol. The maximum Gasteiger partial charge on any atom is 0.126 e. The average Bonchev–Trinajstić information content (AvgIpc) is 2.53. The average molecular weight is 310 g/mol. The number of hydrogen-bond acceptors (Lipinski definition) is 2. The molecule has 114 valence electrons. The van der Waals surface area contributed by atoms with Gasteiger partial charge in [0.15, 0.2) is 0 Å². The number of fused-ring (bicyclic) bond motifs is 1. The van der Waals surface area contributed by atoms with E-state index in [-0.39, 0.29) is 0 Å². The molecule has 1 unspecified atom stereocenters. The Bertz CT molecular complexity index is 913. The van der Waals surface area contributed by atoms with E-state index >= 15 is 0 Å². The van der Waals surface area contributed by atoms with Gasteiger partial charge in [0.25, 0.3) is 0 Å². The molecule has 0 saturated heterocycles. The van der Waals surface area contributed by atoms with Crippen LogP contribution in [-0.2, 0) is 0 Å². The van der Waals surface area contributed by atoms with Crippen molar-refractivity contribution in [1.82, 2.24) is 4.98 Å². The largest absolute Gasteiger partial charge is 0.256 e. The monoisotopic (exact) mass is 310 g/mol. The van der Waals surface area contributed by atoms with Gasteiger partial charge in [-0.2, -0.15) is 0 Å². The third-order valence-corrected chi connectivity index (χ3v) is 3.63. The van der Waals surface area contributed by atoms with Crippen molar-refractivity contribution in [3.05, 3.63) is 76.3 Å². The van der Waals surface area contributed by atoms with Crippen LogP contribution in [0.5, 0.6) is 0 Å². The zero-order chi connectivity index (χ0) is 16.4. The number of rotatable bonds is 3. The Morgan fingerprint density at radius 1 is 1.13 bits per heavy atom. The Labute approximate surface area is 131 Å². The second kappa shape index (κ2) is 6.02. The van der Waals surface area contributed by atoms with Crippen LogP contribution in [0, 0.1) is 11.6 Å². The fourth-order valence-electron chi connectivity index (χ4n) is 2.65. The van der Waals surface area contributed by atoms with Gasteiger partial charge in [-0.3, -0.25) is 4.98 Å². The molecule has 2 aromatic carbocycles. The fraction of sp³-hybridized carbons (Fsp3) is 0.118. The van der Waals surface area contributed by atoms with E-state index in [0.29, 0.717) is 22.2 Å². The Balaban J connectivity index is 2.38. The van der Waals surface area contributed by atoms with Crippen molar-refractivity contribution in [2.24, 2.45) is 5.11 Å². The van der Waals surface area contributed by atoms with Gasteiger partial charge in [-0.05, 0) is 34.9 Å². The molecule has 3 rings (SSSR count). The van der Waals surface area contributed by atoms with Crippen LogP contribution >= 0.6 is 0 Å². The van der Waals surface area contributed by atoms with E-state index in [1.54, 1.807) is 25.3 Å². The van der Waals surface area contributed by atoms with E-state index in [0.717, 1.165) is 11.5 Å². The highest BCUT2D eigenvalue weighted by Gasteiger charge is 2.16. The molecule has 0 bridgehead atoms. The zero-order valence-corrected chi connectivity index (χ0v) is 12.2. The van der Waals surface area contributed by atoms with Gasteiger partial charge >= 0.3 is 0 Å². The lowest BCUT2D eigenvalue weighted by Gasteiger charge is -2.15. The highest BCUT2D eigenvalue weighted by Crippen LogP contribution is 2.36. The molecule has 0 aliphatic carbocycles. The van der Waals surface area contributed by atoms with Gasteiger partial charge in [0, 0.05) is 28.1 Å². The summed E-state index contributed by atoms with van der Waals surface area (Å²) in [6.07, 6.45) is 1.61. The smallest absolute Gasteiger partial charge is 0.126 e. The first-order chi connectivity index (χ1) is 11.1. The van der Waals surface area contributed by atoms with Crippen LogP contribution in [0.4, 0.5) is 8.78 Å². The summed E-state index contributed by atoms with van der Waals surface area (Å²) in [6, 6.07) is 10.1. The minimum Gasteiger partial charge on any atom is -0.256 e. The maximum atomic E-state index is 13.7. The molecular formula is C17H12F2N4. The van der Waals surface area contributed by atoms with Crippen LogP contribution in [0.1, 0.15) is 18.5 Å². The van der Waals surface area contributed by atoms with Crippen LogP contribution in [-0.4, -0.2) is 4.98 Å². The molecule has 0 amide bonds. The molecule has 0 spiro atoms. The summed E-state index contributed by atoms with van der Waals surface area (Å²) in [5, 5.41) is 4.54. The summed E-state index contributed by atoms with van der Waals surface area (Å²) in [7, 11) is 0. The predicted octanol–water partition coefficient (Wildman–Crippen LogP) is 5.55. The summed E-state index contributed by atoms with van der Waals surface area (Å²) >= 11 is 0. The van der Waals surface area contributed by atoms with Crippen LogP contribution < -0.4 is 0 Å². The SMILES string of the molecule is CC(N=[N+]=[N-])c1ccc2cccnc2c1-c1cc(F)cc(F)c1. The molecule has 4 nitrogen and oxygen atoms in total. The lowest BCUT2D eigenvalue weighted by molar-refractivity contribution is 0.584. The van der Waals surface area contributed by atoms with E-state index in [4.69, 9.17) is 5.53 Å². The molecule has 6 heteroatoms. The van der Waals surface area contributed by atoms with Gasteiger partial charge in [-0.15, -0.1) is 0 Å². The molecule has 23 heavy (non-hydrogen) atoms. The molecule has 1 heterocycles. The highest BCUT2D eigenvalue weighted by molar-refractivity contribution is 5.95. The van der Waals surface area contributed by atoms with Crippen molar-refractivity contribution in [1.29, 1.82) is 0 Å². The van der Waals surface area contributed by atoms with E-state index in [9.17, 15) is 8.78 Å². The lowest BCUT2D eigenvalue weighted by atomic mass is 9.93. The number of benzene rings is 2. The Hall–Kier alpha value is -2.98. The number of nitrogens with zero attached hydrogens (tertiary/aromatic N) is 4. The molecule has 3 aromatic rings. The van der Waals surface area contributed by atoms with E-state index < -0.39 is 17.7 Å². The summed E-state index contributed by atoms with van der Waals surface area (Å²) in [6.45, 7) is 1.73. The molecular weight excluding hydrogens is 298 g/mol. The number of azide groups is 1. The van der Waals surface area contributed by atoms with Crippen molar-refractivity contribution in [2.75, 3.05) is 0 Å². The van der Waals surface area contributed by atoms with Crippen molar-refractivity contribution in [3.8, 4) is 11.1 Å². The van der Waals surface area contributed by atoms with Gasteiger partial charge in [-0.25, -0.2) is 8.78 Å². The first-order valence-electron chi connectivity index (χ1n) is 6.98. The summed E-state index contributed by atoms with van der Waals surface area (Å²) in [5.41, 5.74) is 10.9. The van der Waals surface area contributed by atoms with Crippen molar-refractivity contribution in [3.63, 3.8) is 0 Å². The molecule has 0 radical (unpaired) electrons. The van der Waals surface area contributed by atoms with Crippen LogP contribution in [0.25, 0.3) is 32.5 Å². The maximum absolute atomic E-state index is 13.7. The van der Waals surface area contributed by atoms with E-state index in [1.165, 1.54) is 12.1 Å². The Morgan fingerprint density at radius 3 is 2.57 bits per heavy atom. The summed E-state index contributed by atoms with van der Waals surface area (Å²) in [5.74, 6) is -1.34. The minimum absolute atomic E-state index is 0.363. The van der Waals surface area contributed by atoms with Crippen molar-refractivity contribution >= 4 is 10.9 Å². The normalized spacial score (nSPS) is 12.0. The highest BCUT2D eigenvalue weighted by atomic mass is 19.1. The second-order valence-corrected chi connectivity index (χ2v) is 5.14. The van der Waals surface area contributed by atoms with Gasteiger partial charge in [0.2, 0.25) is 0 Å². The quantitative estimate of drug-likeness (QED) is 0.355. The van der Waals surface area contributed by atoms with Crippen LogP contribution in [0.3, 0.4) is 0 Å². The van der Waals surface area contributed by atoms with E-state index in [2.05, 4.69) is 15.0 Å². The molecule has 1 atom stereocenters. The number of hydrogen-bond donors (Lipinski definition) is 0. The molecule has 0 fully saturated rings. The molecule has 0 N–H and O–H groups in total. The van der Waals surface area contributed by atoms with Gasteiger partial charge in [-0.1, -0.05) is 30.2 Å². The van der Waals surface area contributed by atoms with Crippen LogP contribution in [0.15, 0.2) is 53.8 Å². The number of aromatic nitrogens is 1. The topological polar surface area (TPSA) is 61.7 Å². The lowest BCUT2D eigenvalue weighted by Crippen LogP contribution is -1.97. The standard InChI is InChI=1S/C17H12F2N4/c1-10(22-23-20)15-5-4-11-3-2-6-21-17(11)16(15)12-7-13(18)9-14(19)8-12/h2-10H,1H3. The van der Waals surface area contributed by atoms with E-state index in [1.807, 2.05) is 12.1 Å². The third kappa shape index (κ3) is 2.84. The Morgan fingerprint density at radius 2 is 1.87 bits per heavy atom. The summed E-state index contributed by atoms with van der Waals surface area (Å²) in [4.78, 5) is 7.16. The Kier molecular flexibility index (Phi) is 3.91. The minimum atomic E-state index is -0.671. The first-order valence-corrected chi connectivity index (χ1v) is 6.98. The number of halogens is 2. The number of pyridine rings is 1. The van der Waals surface area contributed by atoms with Crippen LogP contribution in [0.2, 0.25) is 0 Å². The molecule has 1 aromatic heterocycles. The van der Waals surface area contributed by atoms with Crippen molar-refractivity contribution < 1.29 is 8.78 Å². The van der Waals surface area contributed by atoms with Gasteiger partial charge in [0.1, 0.15) is 11.6 Å². The molecule has 0 aliphatic heterocycles. The second-order valence-electron chi connectivity index (χ2n) is 5.14. The van der Waals surface area contributed by atoms with Gasteiger partial charge in [0.05, 0.1) is 11.6 Å². The fourth-order valence-corrected chi connectivity index (χ4v) is 2.65. The molecule has 0 saturated carbocycles. The third-order valence-electron chi connectivity index (χ3n) is 3.63. The zero-order valence-electron chi connectivity index (χ0n) is 12.2. The summed E-state index contributed by atoms with van der Waals surface area (Å²) < 4.78 is 27.3.